The van der Waals surface area contributed by atoms with E-state index < -0.39 is 0 Å². The second kappa shape index (κ2) is 5.34. The van der Waals surface area contributed by atoms with E-state index in [9.17, 15) is 0 Å². The molecule has 0 aromatic carbocycles. The highest BCUT2D eigenvalue weighted by molar-refractivity contribution is 5.12. The van der Waals surface area contributed by atoms with E-state index in [1.165, 1.54) is 45.3 Å². The number of ether oxygens (including phenoxy) is 1. The van der Waals surface area contributed by atoms with Crippen LogP contribution >= 0.6 is 0 Å². The fraction of sp³-hybridized carbons (Fsp3) is 1.00. The van der Waals surface area contributed by atoms with Crippen LogP contribution in [-0.2, 0) is 4.74 Å². The highest BCUT2D eigenvalue weighted by atomic mass is 16.5. The maximum Gasteiger partial charge on any atom is 0.0685 e. The van der Waals surface area contributed by atoms with Crippen molar-refractivity contribution in [3.8, 4) is 0 Å². The van der Waals surface area contributed by atoms with Crippen LogP contribution in [0.1, 0.15) is 46.5 Å². The summed E-state index contributed by atoms with van der Waals surface area (Å²) in [6.45, 7) is 11.9. The first-order valence-corrected chi connectivity index (χ1v) is 8.23. The smallest absolute Gasteiger partial charge is 0.0685 e. The van der Waals surface area contributed by atoms with E-state index in [-0.39, 0.29) is 0 Å². The zero-order valence-corrected chi connectivity index (χ0v) is 12.8. The van der Waals surface area contributed by atoms with E-state index in [0.717, 1.165) is 18.6 Å². The van der Waals surface area contributed by atoms with Gasteiger partial charge in [0.15, 0.2) is 0 Å². The molecule has 3 atom stereocenters. The first-order chi connectivity index (χ1) is 9.13. The molecule has 0 bridgehead atoms. The van der Waals surface area contributed by atoms with Gasteiger partial charge in [-0.25, -0.2) is 0 Å². The van der Waals surface area contributed by atoms with Gasteiger partial charge in [-0.15, -0.1) is 0 Å². The van der Waals surface area contributed by atoms with Crippen LogP contribution in [0.2, 0.25) is 0 Å². The first-order valence-electron chi connectivity index (χ1n) is 8.23. The van der Waals surface area contributed by atoms with Crippen molar-refractivity contribution in [3.05, 3.63) is 0 Å². The van der Waals surface area contributed by atoms with Crippen LogP contribution in [0, 0.1) is 11.3 Å². The van der Waals surface area contributed by atoms with Gasteiger partial charge in [0.2, 0.25) is 0 Å². The Balaban J connectivity index is 1.50. The van der Waals surface area contributed by atoms with Crippen LogP contribution in [0.25, 0.3) is 0 Å². The number of rotatable bonds is 4. The van der Waals surface area contributed by atoms with Gasteiger partial charge in [-0.05, 0) is 45.3 Å². The van der Waals surface area contributed by atoms with Crippen LogP contribution in [0.4, 0.5) is 0 Å². The molecule has 2 aliphatic heterocycles. The molecular formula is C16H30N2O. The minimum atomic E-state index is 0.335. The van der Waals surface area contributed by atoms with Gasteiger partial charge in [-0.3, -0.25) is 0 Å². The van der Waals surface area contributed by atoms with Crippen LogP contribution in [0.3, 0.4) is 0 Å². The third-order valence-corrected chi connectivity index (χ3v) is 5.64. The van der Waals surface area contributed by atoms with Crippen molar-refractivity contribution in [3.63, 3.8) is 0 Å². The number of piperidine rings is 1. The molecule has 3 rings (SSSR count). The molecular weight excluding hydrogens is 236 g/mol. The average Bonchev–Trinajstić information content (AvgIpc) is 2.85. The molecule has 0 spiro atoms. The Labute approximate surface area is 118 Å². The summed E-state index contributed by atoms with van der Waals surface area (Å²) >= 11 is 0. The zero-order chi connectivity index (χ0) is 13.5. The average molecular weight is 266 g/mol. The third kappa shape index (κ3) is 2.45. The van der Waals surface area contributed by atoms with Gasteiger partial charge in [0, 0.05) is 30.0 Å². The number of hydrogen-bond acceptors (Lipinski definition) is 3. The number of likely N-dealkylation sites (tertiary alicyclic amines) is 1. The predicted octanol–water partition coefficient (Wildman–Crippen LogP) is 2.26. The molecule has 0 aromatic rings. The lowest BCUT2D eigenvalue weighted by Gasteiger charge is -2.56. The summed E-state index contributed by atoms with van der Waals surface area (Å²) < 4.78 is 5.89. The van der Waals surface area contributed by atoms with Gasteiger partial charge in [0.25, 0.3) is 0 Å². The Morgan fingerprint density at radius 3 is 2.63 bits per heavy atom. The molecule has 3 fully saturated rings. The summed E-state index contributed by atoms with van der Waals surface area (Å²) in [5.41, 5.74) is 0.335. The molecule has 3 nitrogen and oxygen atoms in total. The fourth-order valence-corrected chi connectivity index (χ4v) is 4.56. The summed E-state index contributed by atoms with van der Waals surface area (Å²) in [4.78, 5) is 2.62. The van der Waals surface area contributed by atoms with Gasteiger partial charge >= 0.3 is 0 Å². The number of fused-ring (bicyclic) bond motifs is 1. The van der Waals surface area contributed by atoms with Gasteiger partial charge in [-0.2, -0.15) is 0 Å². The highest BCUT2D eigenvalue weighted by Gasteiger charge is 2.59. The SMILES string of the molecule is CCCN1CCC(N[C@@H]2[C@H]3CCO[C@H]3C2(C)C)CC1. The summed E-state index contributed by atoms with van der Waals surface area (Å²) in [7, 11) is 0. The van der Waals surface area contributed by atoms with Crippen molar-refractivity contribution in [2.75, 3.05) is 26.2 Å². The predicted molar refractivity (Wildman–Crippen MR) is 78.3 cm³/mol. The quantitative estimate of drug-likeness (QED) is 0.845. The van der Waals surface area contributed by atoms with Gasteiger partial charge in [-0.1, -0.05) is 20.8 Å². The fourth-order valence-electron chi connectivity index (χ4n) is 4.56. The molecule has 3 aliphatic rings. The van der Waals surface area contributed by atoms with Crippen molar-refractivity contribution < 1.29 is 4.74 Å². The standard InChI is InChI=1S/C16H30N2O/c1-4-8-18-9-5-12(6-10-18)17-14-13-7-11-19-15(13)16(14,2)3/h12-15,17H,4-11H2,1-3H3/t13-,14-,15-/m1/s1. The van der Waals surface area contributed by atoms with Gasteiger partial charge in [0.05, 0.1) is 6.10 Å². The van der Waals surface area contributed by atoms with Crippen LogP contribution in [0.15, 0.2) is 0 Å². The van der Waals surface area contributed by atoms with E-state index in [1.807, 2.05) is 0 Å². The maximum absolute atomic E-state index is 5.89. The molecule has 1 saturated carbocycles. The molecule has 3 heteroatoms. The van der Waals surface area contributed by atoms with E-state index in [0.29, 0.717) is 17.6 Å². The lowest BCUT2D eigenvalue weighted by atomic mass is 9.57. The Bertz CT molecular complexity index is 310. The van der Waals surface area contributed by atoms with Crippen LogP contribution < -0.4 is 5.32 Å². The Hall–Kier alpha value is -0.120. The summed E-state index contributed by atoms with van der Waals surface area (Å²) in [6, 6.07) is 1.42. The van der Waals surface area contributed by atoms with E-state index in [2.05, 4.69) is 31.0 Å². The number of nitrogens with zero attached hydrogens (tertiary/aromatic N) is 1. The summed E-state index contributed by atoms with van der Waals surface area (Å²) in [5.74, 6) is 0.781. The van der Waals surface area contributed by atoms with Crippen molar-refractivity contribution in [1.82, 2.24) is 10.2 Å². The molecule has 0 unspecified atom stereocenters. The van der Waals surface area contributed by atoms with Gasteiger partial charge < -0.3 is 15.0 Å². The Kier molecular flexibility index (Phi) is 3.89. The van der Waals surface area contributed by atoms with Crippen LogP contribution in [-0.4, -0.2) is 49.3 Å². The topological polar surface area (TPSA) is 24.5 Å². The zero-order valence-electron chi connectivity index (χ0n) is 12.8. The summed E-state index contributed by atoms with van der Waals surface area (Å²) in [5, 5.41) is 3.97. The molecule has 0 aromatic heterocycles. The number of nitrogens with one attached hydrogen (secondary N) is 1. The lowest BCUT2D eigenvalue weighted by Crippen LogP contribution is -2.67. The van der Waals surface area contributed by atoms with Gasteiger partial charge in [0.1, 0.15) is 0 Å². The monoisotopic (exact) mass is 266 g/mol. The molecule has 1 N–H and O–H groups in total. The van der Waals surface area contributed by atoms with Crippen molar-refractivity contribution in [2.24, 2.45) is 11.3 Å². The Morgan fingerprint density at radius 2 is 1.95 bits per heavy atom. The van der Waals surface area contributed by atoms with E-state index in [4.69, 9.17) is 4.74 Å². The van der Waals surface area contributed by atoms with Crippen molar-refractivity contribution in [1.29, 1.82) is 0 Å². The lowest BCUT2D eigenvalue weighted by molar-refractivity contribution is -0.116. The number of hydrogen-bond donors (Lipinski definition) is 1. The summed E-state index contributed by atoms with van der Waals surface area (Å²) in [6.07, 6.45) is 5.72. The molecule has 2 heterocycles. The second-order valence-corrected chi connectivity index (χ2v) is 7.33. The van der Waals surface area contributed by atoms with Crippen LogP contribution in [0.5, 0.6) is 0 Å². The van der Waals surface area contributed by atoms with E-state index in [1.54, 1.807) is 0 Å². The third-order valence-electron chi connectivity index (χ3n) is 5.64. The first kappa shape index (κ1) is 13.8. The minimum Gasteiger partial charge on any atom is -0.377 e. The molecule has 0 amide bonds. The molecule has 0 radical (unpaired) electrons. The minimum absolute atomic E-state index is 0.335. The Morgan fingerprint density at radius 1 is 1.21 bits per heavy atom. The molecule has 2 saturated heterocycles. The maximum atomic E-state index is 5.89. The van der Waals surface area contributed by atoms with Crippen molar-refractivity contribution in [2.45, 2.75) is 64.6 Å². The van der Waals surface area contributed by atoms with Crippen molar-refractivity contribution >= 4 is 0 Å². The van der Waals surface area contributed by atoms with E-state index >= 15 is 0 Å². The largest absolute Gasteiger partial charge is 0.377 e. The highest BCUT2D eigenvalue weighted by Crippen LogP contribution is 2.52. The molecule has 1 aliphatic carbocycles. The second-order valence-electron chi connectivity index (χ2n) is 7.33. The molecule has 19 heavy (non-hydrogen) atoms. The normalized spacial score (nSPS) is 39.0. The molecule has 110 valence electrons.